The van der Waals surface area contributed by atoms with Crippen molar-refractivity contribution in [2.24, 2.45) is 0 Å². The molecule has 1 aliphatic heterocycles. The molecule has 1 saturated heterocycles. The number of rotatable bonds is 4. The molecule has 1 unspecified atom stereocenters. The van der Waals surface area contributed by atoms with Gasteiger partial charge in [0, 0.05) is 60.6 Å². The lowest BCUT2D eigenvalue weighted by atomic mass is 10.0. The third-order valence-electron chi connectivity index (χ3n) is 2.80. The van der Waals surface area contributed by atoms with Crippen LogP contribution in [-0.4, -0.2) is 34.9 Å². The predicted molar refractivity (Wildman–Crippen MR) is 71.1 cm³/mol. The Labute approximate surface area is 105 Å². The minimum absolute atomic E-state index is 0.227. The van der Waals surface area contributed by atoms with Gasteiger partial charge in [0.15, 0.2) is 0 Å². The van der Waals surface area contributed by atoms with Crippen molar-refractivity contribution in [2.75, 3.05) is 23.8 Å². The first-order valence-corrected chi connectivity index (χ1v) is 6.92. The highest BCUT2D eigenvalue weighted by Gasteiger charge is 2.17. The molecule has 1 aromatic rings. The molecule has 5 heteroatoms. The SMILES string of the molecule is Nc1ccncc1CC(=O)CC1CSCCN1. The number of hydrogen-bond donors (Lipinski definition) is 2. The third-order valence-corrected chi connectivity index (χ3v) is 3.93. The van der Waals surface area contributed by atoms with Crippen molar-refractivity contribution in [3.63, 3.8) is 0 Å². The van der Waals surface area contributed by atoms with E-state index >= 15 is 0 Å². The monoisotopic (exact) mass is 251 g/mol. The highest BCUT2D eigenvalue weighted by Crippen LogP contribution is 2.14. The fourth-order valence-electron chi connectivity index (χ4n) is 1.90. The molecular weight excluding hydrogens is 234 g/mol. The number of anilines is 1. The standard InChI is InChI=1S/C12H17N3OS/c13-12-1-2-14-7-9(12)5-11(16)6-10-8-17-4-3-15-10/h1-2,7,10,15H,3-6,8H2,(H2,13,14). The number of aromatic nitrogens is 1. The minimum Gasteiger partial charge on any atom is -0.398 e. The quantitative estimate of drug-likeness (QED) is 0.831. The van der Waals surface area contributed by atoms with Crippen molar-refractivity contribution in [1.29, 1.82) is 0 Å². The summed E-state index contributed by atoms with van der Waals surface area (Å²) >= 11 is 1.90. The van der Waals surface area contributed by atoms with Gasteiger partial charge in [-0.25, -0.2) is 0 Å². The molecule has 0 aliphatic carbocycles. The first-order valence-electron chi connectivity index (χ1n) is 5.77. The smallest absolute Gasteiger partial charge is 0.138 e. The van der Waals surface area contributed by atoms with E-state index in [1.54, 1.807) is 18.5 Å². The Kier molecular flexibility index (Phi) is 4.39. The summed E-state index contributed by atoms with van der Waals surface area (Å²) in [7, 11) is 0. The second-order valence-corrected chi connectivity index (χ2v) is 5.37. The summed E-state index contributed by atoms with van der Waals surface area (Å²) in [6.07, 6.45) is 4.29. The number of nitrogens with zero attached hydrogens (tertiary/aromatic N) is 1. The van der Waals surface area contributed by atoms with Gasteiger partial charge in [0.2, 0.25) is 0 Å². The highest BCUT2D eigenvalue weighted by atomic mass is 32.2. The number of carbonyl (C=O) groups is 1. The molecule has 1 aromatic heterocycles. The van der Waals surface area contributed by atoms with Gasteiger partial charge >= 0.3 is 0 Å². The lowest BCUT2D eigenvalue weighted by Crippen LogP contribution is -2.39. The van der Waals surface area contributed by atoms with Gasteiger partial charge in [-0.05, 0) is 6.07 Å². The van der Waals surface area contributed by atoms with E-state index in [1.807, 2.05) is 11.8 Å². The van der Waals surface area contributed by atoms with Crippen LogP contribution in [0.5, 0.6) is 0 Å². The first-order chi connectivity index (χ1) is 8.25. The average Bonchev–Trinajstić information content (AvgIpc) is 2.33. The van der Waals surface area contributed by atoms with Crippen LogP contribution in [0.2, 0.25) is 0 Å². The van der Waals surface area contributed by atoms with E-state index in [0.29, 0.717) is 24.6 Å². The third kappa shape index (κ3) is 3.71. The highest BCUT2D eigenvalue weighted by molar-refractivity contribution is 7.99. The molecule has 0 saturated carbocycles. The molecule has 17 heavy (non-hydrogen) atoms. The Hall–Kier alpha value is -1.07. The van der Waals surface area contributed by atoms with Crippen LogP contribution in [0.25, 0.3) is 0 Å². The van der Waals surface area contributed by atoms with Crippen molar-refractivity contribution in [3.05, 3.63) is 24.0 Å². The maximum atomic E-state index is 11.9. The fraction of sp³-hybridized carbons (Fsp3) is 0.500. The minimum atomic E-state index is 0.227. The van der Waals surface area contributed by atoms with E-state index in [2.05, 4.69) is 10.3 Å². The summed E-state index contributed by atoms with van der Waals surface area (Å²) in [4.78, 5) is 15.9. The molecule has 0 amide bonds. The Balaban J connectivity index is 1.86. The number of nitrogens with two attached hydrogens (primary N) is 1. The predicted octanol–water partition coefficient (Wildman–Crippen LogP) is 0.870. The van der Waals surface area contributed by atoms with Crippen LogP contribution in [0.15, 0.2) is 18.5 Å². The summed E-state index contributed by atoms with van der Waals surface area (Å²) in [6, 6.07) is 2.05. The molecule has 0 radical (unpaired) electrons. The maximum absolute atomic E-state index is 11.9. The topological polar surface area (TPSA) is 68.0 Å². The van der Waals surface area contributed by atoms with Gasteiger partial charge in [-0.1, -0.05) is 0 Å². The number of nitrogens with one attached hydrogen (secondary N) is 1. The molecule has 92 valence electrons. The zero-order chi connectivity index (χ0) is 12.1. The fourth-order valence-corrected chi connectivity index (χ4v) is 2.84. The number of pyridine rings is 1. The lowest BCUT2D eigenvalue weighted by molar-refractivity contribution is -0.118. The van der Waals surface area contributed by atoms with E-state index in [0.717, 1.165) is 23.6 Å². The van der Waals surface area contributed by atoms with Crippen LogP contribution in [0.4, 0.5) is 5.69 Å². The van der Waals surface area contributed by atoms with Gasteiger partial charge in [-0.15, -0.1) is 0 Å². The van der Waals surface area contributed by atoms with Crippen LogP contribution in [0, 0.1) is 0 Å². The first kappa shape index (κ1) is 12.4. The normalized spacial score (nSPS) is 20.1. The number of nitrogen functional groups attached to an aromatic ring is 1. The number of thioether (sulfide) groups is 1. The van der Waals surface area contributed by atoms with Crippen LogP contribution < -0.4 is 11.1 Å². The average molecular weight is 251 g/mol. The van der Waals surface area contributed by atoms with Crippen LogP contribution >= 0.6 is 11.8 Å². The van der Waals surface area contributed by atoms with E-state index < -0.39 is 0 Å². The van der Waals surface area contributed by atoms with E-state index in [9.17, 15) is 4.79 Å². The molecule has 1 aliphatic rings. The van der Waals surface area contributed by atoms with Gasteiger partial charge in [0.05, 0.1) is 0 Å². The Morgan fingerprint density at radius 3 is 3.24 bits per heavy atom. The second-order valence-electron chi connectivity index (χ2n) is 4.22. The summed E-state index contributed by atoms with van der Waals surface area (Å²) < 4.78 is 0. The van der Waals surface area contributed by atoms with Gasteiger partial charge in [-0.2, -0.15) is 11.8 Å². The van der Waals surface area contributed by atoms with Gasteiger partial charge < -0.3 is 11.1 Å². The molecule has 1 fully saturated rings. The van der Waals surface area contributed by atoms with E-state index in [-0.39, 0.29) is 5.78 Å². The van der Waals surface area contributed by atoms with Gasteiger partial charge in [0.25, 0.3) is 0 Å². The Morgan fingerprint density at radius 2 is 2.53 bits per heavy atom. The second kappa shape index (κ2) is 6.02. The van der Waals surface area contributed by atoms with Crippen molar-refractivity contribution in [3.8, 4) is 0 Å². The molecular formula is C12H17N3OS. The molecule has 0 spiro atoms. The molecule has 1 atom stereocenters. The van der Waals surface area contributed by atoms with E-state index in [1.165, 1.54) is 0 Å². The molecule has 2 rings (SSSR count). The zero-order valence-corrected chi connectivity index (χ0v) is 10.5. The molecule has 2 heterocycles. The number of hydrogen-bond acceptors (Lipinski definition) is 5. The van der Waals surface area contributed by atoms with E-state index in [4.69, 9.17) is 5.73 Å². The number of Topliss-reactive ketones (excluding diaryl/α,β-unsaturated/α-hetero) is 1. The zero-order valence-electron chi connectivity index (χ0n) is 9.69. The number of ketones is 1. The summed E-state index contributed by atoms with van der Waals surface area (Å²) in [6.45, 7) is 0.998. The van der Waals surface area contributed by atoms with Gasteiger partial charge in [-0.3, -0.25) is 9.78 Å². The maximum Gasteiger partial charge on any atom is 0.138 e. The van der Waals surface area contributed by atoms with Crippen molar-refractivity contribution >= 4 is 23.2 Å². The summed E-state index contributed by atoms with van der Waals surface area (Å²) in [5, 5.41) is 3.36. The molecule has 0 bridgehead atoms. The van der Waals surface area contributed by atoms with Crippen LogP contribution in [0.1, 0.15) is 12.0 Å². The van der Waals surface area contributed by atoms with Crippen molar-refractivity contribution < 1.29 is 4.79 Å². The summed E-state index contributed by atoms with van der Waals surface area (Å²) in [5.74, 6) is 2.39. The van der Waals surface area contributed by atoms with Crippen LogP contribution in [-0.2, 0) is 11.2 Å². The Bertz CT molecular complexity index is 391. The number of carbonyl (C=O) groups excluding carboxylic acids is 1. The molecule has 0 aromatic carbocycles. The lowest BCUT2D eigenvalue weighted by Gasteiger charge is -2.22. The van der Waals surface area contributed by atoms with Gasteiger partial charge in [0.1, 0.15) is 5.78 Å². The Morgan fingerprint density at radius 1 is 1.65 bits per heavy atom. The molecule has 3 N–H and O–H groups in total. The molecule has 4 nitrogen and oxygen atoms in total. The summed E-state index contributed by atoms with van der Waals surface area (Å²) in [5.41, 5.74) is 7.28. The van der Waals surface area contributed by atoms with Crippen molar-refractivity contribution in [1.82, 2.24) is 10.3 Å². The van der Waals surface area contributed by atoms with Crippen LogP contribution in [0.3, 0.4) is 0 Å². The largest absolute Gasteiger partial charge is 0.398 e. The van der Waals surface area contributed by atoms with Crippen molar-refractivity contribution in [2.45, 2.75) is 18.9 Å².